The number of carbonyl (C=O) groups is 2. The number of nitrogens with one attached hydrogen (secondary N) is 1. The van der Waals surface area contributed by atoms with Crippen LogP contribution in [0.4, 0.5) is 0 Å². The van der Waals surface area contributed by atoms with Crippen LogP contribution in [0.15, 0.2) is 42.5 Å². The molecule has 1 N–H and O–H groups in total. The Labute approximate surface area is 201 Å². The molecule has 0 radical (unpaired) electrons. The van der Waals surface area contributed by atoms with E-state index in [0.717, 1.165) is 36.8 Å². The lowest BCUT2D eigenvalue weighted by atomic mass is 9.95. The first-order valence-corrected chi connectivity index (χ1v) is 12.2. The van der Waals surface area contributed by atoms with E-state index in [2.05, 4.69) is 5.32 Å². The Morgan fingerprint density at radius 1 is 1.06 bits per heavy atom. The van der Waals surface area contributed by atoms with E-state index in [9.17, 15) is 9.59 Å². The maximum Gasteiger partial charge on any atom is 0.243 e. The SMILES string of the molecule is CC[C@@H](C(=O)NC1CCCCC1)N(Cc1c(Cl)cccc1Cl)C(=O)Cc1cccc(C)c1. The molecule has 0 saturated heterocycles. The van der Waals surface area contributed by atoms with Gasteiger partial charge in [0.1, 0.15) is 6.04 Å². The molecule has 0 spiro atoms. The first kappa shape index (κ1) is 24.6. The number of carbonyl (C=O) groups excluding carboxylic acids is 2. The van der Waals surface area contributed by atoms with Gasteiger partial charge in [-0.05, 0) is 43.9 Å². The summed E-state index contributed by atoms with van der Waals surface area (Å²) in [5.74, 6) is -0.211. The summed E-state index contributed by atoms with van der Waals surface area (Å²) >= 11 is 12.8. The third-order valence-electron chi connectivity index (χ3n) is 6.17. The van der Waals surface area contributed by atoms with Crippen LogP contribution in [0.3, 0.4) is 0 Å². The zero-order valence-corrected chi connectivity index (χ0v) is 20.4. The van der Waals surface area contributed by atoms with E-state index >= 15 is 0 Å². The Bertz CT molecular complexity index is 921. The third-order valence-corrected chi connectivity index (χ3v) is 6.87. The molecule has 2 aromatic rings. The topological polar surface area (TPSA) is 49.4 Å². The van der Waals surface area contributed by atoms with E-state index in [1.54, 1.807) is 23.1 Å². The molecule has 2 aromatic carbocycles. The van der Waals surface area contributed by atoms with E-state index in [1.165, 1.54) is 6.42 Å². The second-order valence-corrected chi connectivity index (χ2v) is 9.47. The fourth-order valence-electron chi connectivity index (χ4n) is 4.42. The van der Waals surface area contributed by atoms with E-state index in [0.29, 0.717) is 22.0 Å². The monoisotopic (exact) mass is 474 g/mol. The van der Waals surface area contributed by atoms with Crippen molar-refractivity contribution in [2.45, 2.75) is 77.4 Å². The molecule has 1 aliphatic carbocycles. The summed E-state index contributed by atoms with van der Waals surface area (Å²) in [5.41, 5.74) is 2.68. The molecule has 0 unspecified atom stereocenters. The molecule has 6 heteroatoms. The summed E-state index contributed by atoms with van der Waals surface area (Å²) < 4.78 is 0. The molecule has 172 valence electrons. The lowest BCUT2D eigenvalue weighted by Crippen LogP contribution is -2.52. The summed E-state index contributed by atoms with van der Waals surface area (Å²) in [4.78, 5) is 28.4. The van der Waals surface area contributed by atoms with Gasteiger partial charge in [0.05, 0.1) is 6.42 Å². The van der Waals surface area contributed by atoms with Gasteiger partial charge in [-0.3, -0.25) is 9.59 Å². The normalized spacial score (nSPS) is 15.2. The van der Waals surface area contributed by atoms with Gasteiger partial charge in [0, 0.05) is 28.2 Å². The van der Waals surface area contributed by atoms with Crippen molar-refractivity contribution in [1.82, 2.24) is 10.2 Å². The van der Waals surface area contributed by atoms with E-state index in [4.69, 9.17) is 23.2 Å². The highest BCUT2D eigenvalue weighted by atomic mass is 35.5. The minimum absolute atomic E-state index is 0.0971. The number of hydrogen-bond acceptors (Lipinski definition) is 2. The van der Waals surface area contributed by atoms with E-state index in [1.807, 2.05) is 38.1 Å². The van der Waals surface area contributed by atoms with Crippen LogP contribution in [-0.4, -0.2) is 28.8 Å². The maximum atomic E-state index is 13.5. The Hall–Kier alpha value is -2.04. The van der Waals surface area contributed by atoms with Crippen molar-refractivity contribution in [1.29, 1.82) is 0 Å². The van der Waals surface area contributed by atoms with Crippen molar-refractivity contribution in [3.8, 4) is 0 Å². The van der Waals surface area contributed by atoms with Crippen molar-refractivity contribution in [3.63, 3.8) is 0 Å². The lowest BCUT2D eigenvalue weighted by Gasteiger charge is -2.33. The third kappa shape index (κ3) is 6.49. The highest BCUT2D eigenvalue weighted by Crippen LogP contribution is 2.27. The molecule has 0 aliphatic heterocycles. The van der Waals surface area contributed by atoms with Crippen molar-refractivity contribution >= 4 is 35.0 Å². The van der Waals surface area contributed by atoms with E-state index in [-0.39, 0.29) is 30.8 Å². The molecule has 2 amide bonds. The van der Waals surface area contributed by atoms with Crippen LogP contribution in [0.25, 0.3) is 0 Å². The number of aryl methyl sites for hydroxylation is 1. The van der Waals surface area contributed by atoms with Gasteiger partial charge in [0.25, 0.3) is 0 Å². The largest absolute Gasteiger partial charge is 0.352 e. The first-order chi connectivity index (χ1) is 15.4. The van der Waals surface area contributed by atoms with Gasteiger partial charge < -0.3 is 10.2 Å². The summed E-state index contributed by atoms with van der Waals surface area (Å²) in [6.45, 7) is 4.13. The predicted molar refractivity (Wildman–Crippen MR) is 131 cm³/mol. The van der Waals surface area contributed by atoms with Gasteiger partial charge in [0.15, 0.2) is 0 Å². The molecule has 1 atom stereocenters. The number of halogens is 2. The minimum Gasteiger partial charge on any atom is -0.352 e. The van der Waals surface area contributed by atoms with Gasteiger partial charge in [-0.15, -0.1) is 0 Å². The summed E-state index contributed by atoms with van der Waals surface area (Å²) in [6.07, 6.45) is 6.21. The molecular weight excluding hydrogens is 443 g/mol. The first-order valence-electron chi connectivity index (χ1n) is 11.5. The van der Waals surface area contributed by atoms with Gasteiger partial charge in [-0.25, -0.2) is 0 Å². The number of amides is 2. The van der Waals surface area contributed by atoms with Crippen LogP contribution in [0, 0.1) is 6.92 Å². The van der Waals surface area contributed by atoms with Crippen LogP contribution in [0.2, 0.25) is 10.0 Å². The number of nitrogens with zero attached hydrogens (tertiary/aromatic N) is 1. The second-order valence-electron chi connectivity index (χ2n) is 8.66. The average molecular weight is 475 g/mol. The molecular formula is C26H32Cl2N2O2. The quantitative estimate of drug-likeness (QED) is 0.502. The minimum atomic E-state index is -0.582. The van der Waals surface area contributed by atoms with Crippen molar-refractivity contribution in [2.24, 2.45) is 0 Å². The second kappa shape index (κ2) is 11.7. The van der Waals surface area contributed by atoms with Crippen LogP contribution >= 0.6 is 23.2 Å². The molecule has 0 aromatic heterocycles. The van der Waals surface area contributed by atoms with E-state index < -0.39 is 6.04 Å². The standard InChI is InChI=1S/C26H32Cl2N2O2/c1-3-24(26(32)29-20-11-5-4-6-12-20)30(17-21-22(27)13-8-14-23(21)28)25(31)16-19-10-7-9-18(2)15-19/h7-10,13-15,20,24H,3-6,11-12,16-17H2,1-2H3,(H,29,32)/t24-/m0/s1. The Morgan fingerprint density at radius 2 is 1.72 bits per heavy atom. The fourth-order valence-corrected chi connectivity index (χ4v) is 4.93. The molecule has 1 saturated carbocycles. The van der Waals surface area contributed by atoms with Gasteiger partial charge in [0.2, 0.25) is 11.8 Å². The van der Waals surface area contributed by atoms with Crippen LogP contribution in [-0.2, 0) is 22.6 Å². The molecule has 1 aliphatic rings. The summed E-state index contributed by atoms with van der Waals surface area (Å²) in [7, 11) is 0. The Morgan fingerprint density at radius 3 is 2.34 bits per heavy atom. The highest BCUT2D eigenvalue weighted by molar-refractivity contribution is 6.36. The van der Waals surface area contributed by atoms with Crippen LogP contribution < -0.4 is 5.32 Å². The highest BCUT2D eigenvalue weighted by Gasteiger charge is 2.31. The summed E-state index contributed by atoms with van der Waals surface area (Å²) in [5, 5.41) is 4.18. The van der Waals surface area contributed by atoms with Gasteiger partial charge >= 0.3 is 0 Å². The van der Waals surface area contributed by atoms with Gasteiger partial charge in [-0.1, -0.05) is 85.3 Å². The van der Waals surface area contributed by atoms with Crippen molar-refractivity contribution in [3.05, 3.63) is 69.2 Å². The van der Waals surface area contributed by atoms with Crippen LogP contribution in [0.1, 0.15) is 62.1 Å². The molecule has 0 heterocycles. The smallest absolute Gasteiger partial charge is 0.243 e. The molecule has 32 heavy (non-hydrogen) atoms. The summed E-state index contributed by atoms with van der Waals surface area (Å²) in [6, 6.07) is 12.8. The Kier molecular flexibility index (Phi) is 9.01. The maximum absolute atomic E-state index is 13.5. The molecule has 4 nitrogen and oxygen atoms in total. The molecule has 0 bridgehead atoms. The average Bonchev–Trinajstić information content (AvgIpc) is 2.76. The fraction of sp³-hybridized carbons (Fsp3) is 0.462. The van der Waals surface area contributed by atoms with Crippen molar-refractivity contribution in [2.75, 3.05) is 0 Å². The number of rotatable bonds is 8. The zero-order valence-electron chi connectivity index (χ0n) is 18.9. The zero-order chi connectivity index (χ0) is 23.1. The Balaban J connectivity index is 1.86. The molecule has 1 fully saturated rings. The van der Waals surface area contributed by atoms with Crippen molar-refractivity contribution < 1.29 is 9.59 Å². The predicted octanol–water partition coefficient (Wildman–Crippen LogP) is 6.10. The van der Waals surface area contributed by atoms with Gasteiger partial charge in [-0.2, -0.15) is 0 Å². The number of benzene rings is 2. The molecule has 3 rings (SSSR count). The lowest BCUT2D eigenvalue weighted by molar-refractivity contribution is -0.141. The van der Waals surface area contributed by atoms with Crippen LogP contribution in [0.5, 0.6) is 0 Å². The number of hydrogen-bond donors (Lipinski definition) is 1.